The predicted octanol–water partition coefficient (Wildman–Crippen LogP) is 6.24. The van der Waals surface area contributed by atoms with Crippen LogP contribution in [-0.4, -0.2) is 12.5 Å². The number of anilines is 1. The molecule has 0 fully saturated rings. The molecule has 1 amide bonds. The Hall–Kier alpha value is -1.81. The van der Waals surface area contributed by atoms with Gasteiger partial charge in [0.05, 0.1) is 11.1 Å². The van der Waals surface area contributed by atoms with Gasteiger partial charge in [-0.1, -0.05) is 45.0 Å². The summed E-state index contributed by atoms with van der Waals surface area (Å²) in [6.45, 7) is 8.95. The average molecular weight is 418 g/mol. The highest BCUT2D eigenvalue weighted by Crippen LogP contribution is 2.28. The van der Waals surface area contributed by atoms with E-state index < -0.39 is 0 Å². The van der Waals surface area contributed by atoms with E-state index in [4.69, 9.17) is 4.74 Å². The third kappa shape index (κ3) is 5.60. The lowest BCUT2D eigenvalue weighted by Gasteiger charge is -2.16. The molecule has 2 aromatic carbocycles. The van der Waals surface area contributed by atoms with E-state index in [9.17, 15) is 4.79 Å². The first kappa shape index (κ1) is 20.5. The number of para-hydroxylation sites is 1. The average Bonchev–Trinajstić information content (AvgIpc) is 2.61. The van der Waals surface area contributed by atoms with Crippen molar-refractivity contribution in [3.63, 3.8) is 0 Å². The fourth-order valence-electron chi connectivity index (χ4n) is 2.84. The molecule has 0 aliphatic heterocycles. The van der Waals surface area contributed by atoms with Gasteiger partial charge in [-0.3, -0.25) is 4.79 Å². The maximum atomic E-state index is 12.3. The first-order valence-electron chi connectivity index (χ1n) is 9.23. The number of hydrogen-bond acceptors (Lipinski definition) is 2. The first-order chi connectivity index (χ1) is 12.4. The van der Waals surface area contributed by atoms with Crippen LogP contribution in [0, 0.1) is 6.92 Å². The molecule has 3 nitrogen and oxygen atoms in total. The third-order valence-electron chi connectivity index (χ3n) is 4.40. The summed E-state index contributed by atoms with van der Waals surface area (Å²) >= 11 is 3.54. The molecule has 0 spiro atoms. The molecule has 2 rings (SSSR count). The lowest BCUT2D eigenvalue weighted by atomic mass is 9.98. The van der Waals surface area contributed by atoms with Crippen LogP contribution in [0.3, 0.4) is 0 Å². The van der Waals surface area contributed by atoms with E-state index in [0.29, 0.717) is 25.4 Å². The molecule has 0 unspecified atom stereocenters. The summed E-state index contributed by atoms with van der Waals surface area (Å²) in [6.07, 6.45) is 2.11. The van der Waals surface area contributed by atoms with Crippen molar-refractivity contribution >= 4 is 27.5 Å². The molecule has 0 saturated heterocycles. The van der Waals surface area contributed by atoms with E-state index in [1.54, 1.807) is 0 Å². The second-order valence-corrected chi connectivity index (χ2v) is 7.67. The van der Waals surface area contributed by atoms with Gasteiger partial charge in [0.1, 0.15) is 5.75 Å². The first-order valence-corrected chi connectivity index (χ1v) is 10.0. The normalized spacial score (nSPS) is 10.8. The van der Waals surface area contributed by atoms with Crippen molar-refractivity contribution in [1.82, 2.24) is 0 Å². The molecule has 0 aliphatic carbocycles. The minimum Gasteiger partial charge on any atom is -0.492 e. The third-order valence-corrected chi connectivity index (χ3v) is 5.02. The van der Waals surface area contributed by atoms with Crippen molar-refractivity contribution in [2.75, 3.05) is 11.9 Å². The van der Waals surface area contributed by atoms with Gasteiger partial charge in [-0.05, 0) is 70.4 Å². The monoisotopic (exact) mass is 417 g/mol. The van der Waals surface area contributed by atoms with Gasteiger partial charge < -0.3 is 10.1 Å². The Bertz CT molecular complexity index is 756. The zero-order valence-electron chi connectivity index (χ0n) is 16.1. The number of rotatable bonds is 8. The molecule has 140 valence electrons. The van der Waals surface area contributed by atoms with Crippen molar-refractivity contribution in [2.45, 2.75) is 52.9 Å². The summed E-state index contributed by atoms with van der Waals surface area (Å²) < 4.78 is 6.76. The van der Waals surface area contributed by atoms with Crippen molar-refractivity contribution in [2.24, 2.45) is 0 Å². The fourth-order valence-corrected chi connectivity index (χ4v) is 3.38. The lowest BCUT2D eigenvalue weighted by molar-refractivity contribution is -0.116. The van der Waals surface area contributed by atoms with Gasteiger partial charge in [0.25, 0.3) is 0 Å². The summed E-state index contributed by atoms with van der Waals surface area (Å²) in [5.74, 6) is 1.23. The fraction of sp³-hybridized carbons (Fsp3) is 0.409. The van der Waals surface area contributed by atoms with Crippen LogP contribution in [0.5, 0.6) is 5.75 Å². The molecule has 0 heterocycles. The molecule has 0 atom stereocenters. The van der Waals surface area contributed by atoms with Gasteiger partial charge >= 0.3 is 0 Å². The van der Waals surface area contributed by atoms with E-state index in [2.05, 4.69) is 60.2 Å². The highest BCUT2D eigenvalue weighted by atomic mass is 79.9. The molecule has 0 aliphatic rings. The smallest absolute Gasteiger partial charge is 0.224 e. The zero-order chi connectivity index (χ0) is 19.1. The summed E-state index contributed by atoms with van der Waals surface area (Å²) in [6, 6.07) is 12.3. The van der Waals surface area contributed by atoms with E-state index in [-0.39, 0.29) is 5.91 Å². The molecular formula is C22H28BrNO2. The van der Waals surface area contributed by atoms with Crippen LogP contribution in [0.4, 0.5) is 5.69 Å². The molecule has 26 heavy (non-hydrogen) atoms. The van der Waals surface area contributed by atoms with Gasteiger partial charge in [0.2, 0.25) is 5.91 Å². The minimum absolute atomic E-state index is 0.0326. The molecule has 0 aromatic heterocycles. The highest BCUT2D eigenvalue weighted by Gasteiger charge is 2.12. The van der Waals surface area contributed by atoms with Crippen LogP contribution in [0.15, 0.2) is 40.9 Å². The van der Waals surface area contributed by atoms with Crippen LogP contribution in [0.2, 0.25) is 0 Å². The Morgan fingerprint density at radius 2 is 2.00 bits per heavy atom. The highest BCUT2D eigenvalue weighted by molar-refractivity contribution is 9.10. The van der Waals surface area contributed by atoms with Gasteiger partial charge in [0, 0.05) is 12.1 Å². The molecule has 2 aromatic rings. The topological polar surface area (TPSA) is 38.3 Å². The number of hydrogen-bond donors (Lipinski definition) is 1. The largest absolute Gasteiger partial charge is 0.492 e. The van der Waals surface area contributed by atoms with Crippen LogP contribution >= 0.6 is 15.9 Å². The number of aryl methyl sites for hydroxylation is 2. The van der Waals surface area contributed by atoms with Crippen LogP contribution in [0.25, 0.3) is 0 Å². The number of nitrogens with one attached hydrogen (secondary N) is 1. The Balaban J connectivity index is 1.85. The molecule has 1 N–H and O–H groups in total. The van der Waals surface area contributed by atoms with Crippen molar-refractivity contribution < 1.29 is 9.53 Å². The van der Waals surface area contributed by atoms with Crippen LogP contribution in [-0.2, 0) is 11.2 Å². The standard InChI is InChI=1S/C22H28BrNO2/c1-5-17-11-12-20(19(23)14-17)26-13-7-10-21(25)24-22-16(4)8-6-9-18(22)15(2)3/h6,8-9,11-12,14-15H,5,7,10,13H2,1-4H3,(H,24,25). The van der Waals surface area contributed by atoms with E-state index in [1.165, 1.54) is 11.1 Å². The Labute approximate surface area is 165 Å². The number of ether oxygens (including phenoxy) is 1. The van der Waals surface area contributed by atoms with E-state index in [1.807, 2.05) is 25.1 Å². The van der Waals surface area contributed by atoms with Gasteiger partial charge in [-0.2, -0.15) is 0 Å². The molecule has 0 radical (unpaired) electrons. The summed E-state index contributed by atoms with van der Waals surface area (Å²) in [7, 11) is 0. The van der Waals surface area contributed by atoms with Crippen molar-refractivity contribution in [3.05, 3.63) is 57.6 Å². The van der Waals surface area contributed by atoms with Crippen molar-refractivity contribution in [1.29, 1.82) is 0 Å². The number of carbonyl (C=O) groups excluding carboxylic acids is 1. The Kier molecular flexibility index (Phi) is 7.70. The molecule has 4 heteroatoms. The van der Waals surface area contributed by atoms with E-state index in [0.717, 1.165) is 27.9 Å². The Morgan fingerprint density at radius 3 is 2.65 bits per heavy atom. The molecular weight excluding hydrogens is 390 g/mol. The number of benzene rings is 2. The maximum absolute atomic E-state index is 12.3. The SMILES string of the molecule is CCc1ccc(OCCCC(=O)Nc2c(C)cccc2C(C)C)c(Br)c1. The summed E-state index contributed by atoms with van der Waals surface area (Å²) in [5, 5.41) is 3.08. The predicted molar refractivity (Wildman–Crippen MR) is 112 cm³/mol. The lowest BCUT2D eigenvalue weighted by Crippen LogP contribution is -2.15. The zero-order valence-corrected chi connectivity index (χ0v) is 17.7. The Morgan fingerprint density at radius 1 is 1.23 bits per heavy atom. The summed E-state index contributed by atoms with van der Waals surface area (Å²) in [4.78, 5) is 12.3. The quantitative estimate of drug-likeness (QED) is 0.516. The van der Waals surface area contributed by atoms with Crippen molar-refractivity contribution in [3.8, 4) is 5.75 Å². The number of carbonyl (C=O) groups is 1. The summed E-state index contributed by atoms with van der Waals surface area (Å²) in [5.41, 5.74) is 4.49. The minimum atomic E-state index is 0.0326. The maximum Gasteiger partial charge on any atom is 0.224 e. The van der Waals surface area contributed by atoms with Crippen LogP contribution in [0.1, 0.15) is 56.2 Å². The molecule has 0 bridgehead atoms. The second-order valence-electron chi connectivity index (χ2n) is 6.81. The number of halogens is 1. The molecule has 0 saturated carbocycles. The number of amides is 1. The van der Waals surface area contributed by atoms with Gasteiger partial charge in [-0.25, -0.2) is 0 Å². The second kappa shape index (κ2) is 9.77. The van der Waals surface area contributed by atoms with E-state index >= 15 is 0 Å². The van der Waals surface area contributed by atoms with Gasteiger partial charge in [-0.15, -0.1) is 0 Å². The van der Waals surface area contributed by atoms with Crippen LogP contribution < -0.4 is 10.1 Å². The van der Waals surface area contributed by atoms with Gasteiger partial charge in [0.15, 0.2) is 0 Å².